The molecule has 3 aromatic rings. The highest BCUT2D eigenvalue weighted by Gasteiger charge is 2.18. The molecular weight excluding hydrogens is 352 g/mol. The molecule has 1 aromatic carbocycles. The van der Waals surface area contributed by atoms with Crippen molar-refractivity contribution in [2.75, 3.05) is 31.2 Å². The van der Waals surface area contributed by atoms with E-state index in [-0.39, 0.29) is 5.56 Å². The van der Waals surface area contributed by atoms with Crippen LogP contribution in [0.3, 0.4) is 0 Å². The Balaban J connectivity index is 1.54. The Morgan fingerprint density at radius 3 is 2.88 bits per heavy atom. The molecule has 3 heterocycles. The Morgan fingerprint density at radius 2 is 2.08 bits per heavy atom. The number of hydrogen-bond donors (Lipinski definition) is 1. The summed E-state index contributed by atoms with van der Waals surface area (Å²) in [5.74, 6) is 2.00. The smallest absolute Gasteiger partial charge is 0.258 e. The van der Waals surface area contributed by atoms with E-state index in [0.717, 1.165) is 35.3 Å². The van der Waals surface area contributed by atoms with Gasteiger partial charge in [-0.15, -0.1) is 10.2 Å². The van der Waals surface area contributed by atoms with Gasteiger partial charge < -0.3 is 14.6 Å². The van der Waals surface area contributed by atoms with Crippen molar-refractivity contribution < 1.29 is 4.74 Å². The molecular formula is C17H20N6O2S. The number of nitrogens with one attached hydrogen (secondary N) is 1. The molecule has 0 atom stereocenters. The zero-order valence-electron chi connectivity index (χ0n) is 14.7. The minimum atomic E-state index is -0.110. The molecule has 1 aliphatic heterocycles. The first-order chi connectivity index (χ1) is 12.6. The maximum absolute atomic E-state index is 12.3. The van der Waals surface area contributed by atoms with Crippen LogP contribution in [0.15, 0.2) is 28.2 Å². The van der Waals surface area contributed by atoms with E-state index < -0.39 is 0 Å². The molecule has 0 saturated carbocycles. The molecule has 0 aliphatic carbocycles. The quantitative estimate of drug-likeness (QED) is 0.694. The Morgan fingerprint density at radius 1 is 1.27 bits per heavy atom. The second-order valence-corrected chi connectivity index (χ2v) is 7.16. The van der Waals surface area contributed by atoms with Gasteiger partial charge in [0.15, 0.2) is 5.16 Å². The molecule has 0 unspecified atom stereocenters. The van der Waals surface area contributed by atoms with Crippen molar-refractivity contribution in [2.45, 2.75) is 17.8 Å². The summed E-state index contributed by atoms with van der Waals surface area (Å²) in [5.41, 5.74) is 1.63. The van der Waals surface area contributed by atoms with Crippen molar-refractivity contribution in [3.63, 3.8) is 0 Å². The lowest BCUT2D eigenvalue weighted by Gasteiger charge is -2.27. The van der Waals surface area contributed by atoms with Gasteiger partial charge in [0.25, 0.3) is 5.56 Å². The average molecular weight is 372 g/mol. The second kappa shape index (κ2) is 7.08. The van der Waals surface area contributed by atoms with E-state index >= 15 is 0 Å². The van der Waals surface area contributed by atoms with Gasteiger partial charge in [-0.3, -0.25) is 9.36 Å². The third kappa shape index (κ3) is 3.19. The monoisotopic (exact) mass is 372 g/mol. The fourth-order valence-electron chi connectivity index (χ4n) is 3.02. The highest BCUT2D eigenvalue weighted by Crippen LogP contribution is 2.23. The minimum absolute atomic E-state index is 0.110. The van der Waals surface area contributed by atoms with Gasteiger partial charge in [0.05, 0.1) is 29.9 Å². The molecule has 2 aromatic heterocycles. The number of aromatic amines is 1. The molecule has 8 nitrogen and oxygen atoms in total. The van der Waals surface area contributed by atoms with Gasteiger partial charge in [0, 0.05) is 20.1 Å². The van der Waals surface area contributed by atoms with Crippen LogP contribution in [0, 0.1) is 6.92 Å². The molecule has 1 fully saturated rings. The van der Waals surface area contributed by atoms with Crippen molar-refractivity contribution in [1.82, 2.24) is 24.7 Å². The first kappa shape index (κ1) is 17.0. The van der Waals surface area contributed by atoms with E-state index in [2.05, 4.69) is 25.1 Å². The maximum atomic E-state index is 12.3. The van der Waals surface area contributed by atoms with Crippen LogP contribution in [-0.4, -0.2) is 51.0 Å². The molecule has 0 radical (unpaired) electrons. The van der Waals surface area contributed by atoms with Crippen LogP contribution in [0.25, 0.3) is 10.9 Å². The summed E-state index contributed by atoms with van der Waals surface area (Å²) in [6.45, 7) is 5.00. The topological polar surface area (TPSA) is 88.9 Å². The second-order valence-electron chi connectivity index (χ2n) is 6.21. The lowest BCUT2D eigenvalue weighted by atomic mass is 10.1. The first-order valence-electron chi connectivity index (χ1n) is 8.47. The van der Waals surface area contributed by atoms with Crippen LogP contribution in [0.4, 0.5) is 5.95 Å². The van der Waals surface area contributed by atoms with Crippen LogP contribution in [0.5, 0.6) is 0 Å². The molecule has 0 spiro atoms. The Kier molecular flexibility index (Phi) is 4.64. The van der Waals surface area contributed by atoms with Crippen LogP contribution < -0.4 is 10.5 Å². The number of rotatable bonds is 4. The van der Waals surface area contributed by atoms with Gasteiger partial charge in [-0.25, -0.2) is 4.98 Å². The van der Waals surface area contributed by atoms with Crippen molar-refractivity contribution in [1.29, 1.82) is 0 Å². The minimum Gasteiger partial charge on any atom is -0.378 e. The molecule has 1 N–H and O–H groups in total. The summed E-state index contributed by atoms with van der Waals surface area (Å²) in [4.78, 5) is 21.9. The van der Waals surface area contributed by atoms with Crippen molar-refractivity contribution in [3.05, 3.63) is 39.9 Å². The van der Waals surface area contributed by atoms with Crippen molar-refractivity contribution in [3.8, 4) is 0 Å². The number of H-pyrrole nitrogens is 1. The van der Waals surface area contributed by atoms with E-state index in [4.69, 9.17) is 4.74 Å². The summed E-state index contributed by atoms with van der Waals surface area (Å²) < 4.78 is 7.36. The molecule has 136 valence electrons. The molecule has 1 saturated heterocycles. The summed E-state index contributed by atoms with van der Waals surface area (Å²) >= 11 is 1.51. The lowest BCUT2D eigenvalue weighted by molar-refractivity contribution is 0.121. The van der Waals surface area contributed by atoms with E-state index in [1.165, 1.54) is 11.8 Å². The van der Waals surface area contributed by atoms with Gasteiger partial charge in [0.2, 0.25) is 5.95 Å². The third-order valence-electron chi connectivity index (χ3n) is 4.43. The summed E-state index contributed by atoms with van der Waals surface area (Å²) in [7, 11) is 1.95. The third-order valence-corrected chi connectivity index (χ3v) is 5.46. The number of nitrogens with zero attached hydrogens (tertiary/aromatic N) is 5. The lowest BCUT2D eigenvalue weighted by Crippen LogP contribution is -2.37. The Labute approximate surface area is 154 Å². The average Bonchev–Trinajstić information content (AvgIpc) is 3.02. The van der Waals surface area contributed by atoms with Gasteiger partial charge in [-0.2, -0.15) is 0 Å². The number of hydrogen-bond acceptors (Lipinski definition) is 7. The number of benzene rings is 1. The highest BCUT2D eigenvalue weighted by molar-refractivity contribution is 7.98. The summed E-state index contributed by atoms with van der Waals surface area (Å²) in [6.07, 6.45) is 0. The fraction of sp³-hybridized carbons (Fsp3) is 0.412. The van der Waals surface area contributed by atoms with Crippen LogP contribution in [0.1, 0.15) is 11.4 Å². The van der Waals surface area contributed by atoms with E-state index in [1.54, 1.807) is 6.07 Å². The molecule has 0 bridgehead atoms. The van der Waals surface area contributed by atoms with Gasteiger partial charge >= 0.3 is 0 Å². The van der Waals surface area contributed by atoms with Crippen LogP contribution >= 0.6 is 11.8 Å². The van der Waals surface area contributed by atoms with Crippen molar-refractivity contribution >= 4 is 28.6 Å². The predicted octanol–water partition coefficient (Wildman–Crippen LogP) is 1.49. The molecule has 26 heavy (non-hydrogen) atoms. The number of thioether (sulfide) groups is 1. The number of fused-ring (bicyclic) bond motifs is 1. The van der Waals surface area contributed by atoms with Crippen molar-refractivity contribution in [2.24, 2.45) is 7.05 Å². The van der Waals surface area contributed by atoms with E-state index in [9.17, 15) is 4.79 Å². The standard InChI is InChI=1S/C17H20N6O2S/c1-11-4-3-5-12-14(11)18-13(19-15(12)24)10-26-17-21-20-16(22(17)2)23-6-8-25-9-7-23/h3-5H,6-10H2,1-2H3,(H,18,19,24). The van der Waals surface area contributed by atoms with Crippen LogP contribution in [0.2, 0.25) is 0 Å². The number of aryl methyl sites for hydroxylation is 1. The molecule has 0 amide bonds. The zero-order chi connectivity index (χ0) is 18.1. The van der Waals surface area contributed by atoms with Gasteiger partial charge in [-0.1, -0.05) is 23.9 Å². The first-order valence-corrected chi connectivity index (χ1v) is 9.45. The Hall–Kier alpha value is -2.39. The fourth-order valence-corrected chi connectivity index (χ4v) is 3.80. The molecule has 9 heteroatoms. The van der Waals surface area contributed by atoms with Gasteiger partial charge in [-0.05, 0) is 18.6 Å². The van der Waals surface area contributed by atoms with Gasteiger partial charge in [0.1, 0.15) is 5.82 Å². The summed E-state index contributed by atoms with van der Waals surface area (Å²) in [5, 5.41) is 9.99. The number of para-hydroxylation sites is 1. The normalized spacial score (nSPS) is 14.9. The molecule has 4 rings (SSSR count). The number of morpholine rings is 1. The predicted molar refractivity (Wildman–Crippen MR) is 101 cm³/mol. The number of ether oxygens (including phenoxy) is 1. The number of anilines is 1. The maximum Gasteiger partial charge on any atom is 0.258 e. The highest BCUT2D eigenvalue weighted by atomic mass is 32.2. The summed E-state index contributed by atoms with van der Waals surface area (Å²) in [6, 6.07) is 5.63. The number of aromatic nitrogens is 5. The largest absolute Gasteiger partial charge is 0.378 e. The SMILES string of the molecule is Cc1cccc2c(=O)[nH]c(CSc3nnc(N4CCOCC4)n3C)nc12. The van der Waals surface area contributed by atoms with Crippen LogP contribution in [-0.2, 0) is 17.5 Å². The Bertz CT molecular complexity index is 993. The van der Waals surface area contributed by atoms with E-state index in [1.807, 2.05) is 30.7 Å². The molecule has 1 aliphatic rings. The van der Waals surface area contributed by atoms with E-state index in [0.29, 0.717) is 30.2 Å². The zero-order valence-corrected chi connectivity index (χ0v) is 15.5.